The standard InChI is InChI=1S/C23H32N2O4/c1-14(23-10-15-6-16(11-23)8-17(7-15)12-23)25-21(26)13-24-22(27)18-4-5-19(28-2)20(9-18)29-3/h4-5,9,14-17H,6-8,10-13H2,1-3H3,(H,24,27)(H,25,26). The Balaban J connectivity index is 1.31. The minimum absolute atomic E-state index is 0.0239. The van der Waals surface area contributed by atoms with E-state index in [0.29, 0.717) is 17.1 Å². The van der Waals surface area contributed by atoms with Crippen LogP contribution in [0.5, 0.6) is 11.5 Å². The van der Waals surface area contributed by atoms with Crippen molar-refractivity contribution in [1.82, 2.24) is 10.6 Å². The average Bonchev–Trinajstić information content (AvgIpc) is 2.70. The van der Waals surface area contributed by atoms with Crippen molar-refractivity contribution in [1.29, 1.82) is 0 Å². The number of hydrogen-bond donors (Lipinski definition) is 2. The molecule has 4 saturated carbocycles. The molecule has 5 rings (SSSR count). The zero-order valence-corrected chi connectivity index (χ0v) is 17.6. The first-order chi connectivity index (χ1) is 13.9. The summed E-state index contributed by atoms with van der Waals surface area (Å²) >= 11 is 0. The smallest absolute Gasteiger partial charge is 0.251 e. The molecule has 0 radical (unpaired) electrons. The van der Waals surface area contributed by atoms with Crippen LogP contribution in [-0.4, -0.2) is 38.6 Å². The SMILES string of the molecule is COc1ccc(C(=O)NCC(=O)NC(C)C23CC4CC(CC(C4)C2)C3)cc1OC. The van der Waals surface area contributed by atoms with Gasteiger partial charge in [0, 0.05) is 11.6 Å². The molecule has 0 saturated heterocycles. The maximum absolute atomic E-state index is 12.5. The molecule has 6 nitrogen and oxygen atoms in total. The molecule has 1 aromatic carbocycles. The van der Waals surface area contributed by atoms with Gasteiger partial charge in [0.05, 0.1) is 20.8 Å². The molecular formula is C23H32N2O4. The number of carbonyl (C=O) groups excluding carboxylic acids is 2. The summed E-state index contributed by atoms with van der Waals surface area (Å²) in [7, 11) is 3.08. The van der Waals surface area contributed by atoms with Gasteiger partial charge in [-0.25, -0.2) is 0 Å². The Hall–Kier alpha value is -2.24. The molecule has 0 heterocycles. The van der Waals surface area contributed by atoms with E-state index in [4.69, 9.17) is 9.47 Å². The maximum Gasteiger partial charge on any atom is 0.251 e. The van der Waals surface area contributed by atoms with E-state index in [1.165, 1.54) is 45.6 Å². The maximum atomic E-state index is 12.5. The Morgan fingerprint density at radius 1 is 1.03 bits per heavy atom. The summed E-state index contributed by atoms with van der Waals surface area (Å²) < 4.78 is 10.4. The number of carbonyl (C=O) groups is 2. The first-order valence-electron chi connectivity index (χ1n) is 10.7. The molecule has 158 valence electrons. The lowest BCUT2D eigenvalue weighted by molar-refractivity contribution is -0.124. The quantitative estimate of drug-likeness (QED) is 0.737. The topological polar surface area (TPSA) is 76.7 Å². The van der Waals surface area contributed by atoms with E-state index >= 15 is 0 Å². The Bertz CT molecular complexity index is 756. The third-order valence-electron chi connectivity index (χ3n) is 7.44. The van der Waals surface area contributed by atoms with Gasteiger partial charge in [-0.1, -0.05) is 0 Å². The van der Waals surface area contributed by atoms with Gasteiger partial charge in [-0.3, -0.25) is 9.59 Å². The molecule has 4 aliphatic carbocycles. The predicted octanol–water partition coefficient (Wildman–Crippen LogP) is 3.15. The fraction of sp³-hybridized carbons (Fsp3) is 0.652. The van der Waals surface area contributed by atoms with Gasteiger partial charge in [-0.15, -0.1) is 0 Å². The average molecular weight is 401 g/mol. The minimum atomic E-state index is -0.302. The Morgan fingerprint density at radius 3 is 2.17 bits per heavy atom. The highest BCUT2D eigenvalue weighted by atomic mass is 16.5. The lowest BCUT2D eigenvalue weighted by atomic mass is 9.48. The first kappa shape index (κ1) is 20.0. The Kier molecular flexibility index (Phi) is 5.45. The van der Waals surface area contributed by atoms with Crippen molar-refractivity contribution in [3.8, 4) is 11.5 Å². The monoisotopic (exact) mass is 400 g/mol. The molecule has 1 atom stereocenters. The molecule has 0 aromatic heterocycles. The third-order valence-corrected chi connectivity index (χ3v) is 7.44. The summed E-state index contributed by atoms with van der Waals surface area (Å²) in [6.45, 7) is 2.13. The van der Waals surface area contributed by atoms with Crippen LogP contribution >= 0.6 is 0 Å². The second-order valence-corrected chi connectivity index (χ2v) is 9.32. The van der Waals surface area contributed by atoms with Crippen LogP contribution in [0.25, 0.3) is 0 Å². The van der Waals surface area contributed by atoms with Crippen molar-refractivity contribution >= 4 is 11.8 Å². The molecule has 2 amide bonds. The van der Waals surface area contributed by atoms with Crippen molar-refractivity contribution < 1.29 is 19.1 Å². The minimum Gasteiger partial charge on any atom is -0.493 e. The van der Waals surface area contributed by atoms with Crippen molar-refractivity contribution in [2.45, 2.75) is 51.5 Å². The Labute approximate surface area is 172 Å². The Morgan fingerprint density at radius 2 is 1.62 bits per heavy atom. The molecule has 29 heavy (non-hydrogen) atoms. The highest BCUT2D eigenvalue weighted by molar-refractivity contribution is 5.97. The first-order valence-corrected chi connectivity index (χ1v) is 10.7. The van der Waals surface area contributed by atoms with E-state index in [2.05, 4.69) is 17.6 Å². The van der Waals surface area contributed by atoms with Gasteiger partial charge in [0.25, 0.3) is 5.91 Å². The molecule has 1 aromatic rings. The molecule has 4 bridgehead atoms. The fourth-order valence-corrected chi connectivity index (χ4v) is 6.39. The molecule has 2 N–H and O–H groups in total. The van der Waals surface area contributed by atoms with Crippen molar-refractivity contribution in [3.63, 3.8) is 0 Å². The van der Waals surface area contributed by atoms with Gasteiger partial charge in [-0.05, 0) is 86.8 Å². The van der Waals surface area contributed by atoms with Crippen LogP contribution in [0.2, 0.25) is 0 Å². The third kappa shape index (κ3) is 3.94. The number of nitrogens with one attached hydrogen (secondary N) is 2. The summed E-state index contributed by atoms with van der Waals surface area (Å²) in [6.07, 6.45) is 7.92. The lowest BCUT2D eigenvalue weighted by Crippen LogP contribution is -2.56. The van der Waals surface area contributed by atoms with Crippen molar-refractivity contribution in [2.24, 2.45) is 23.2 Å². The van der Waals surface area contributed by atoms with Gasteiger partial charge in [-0.2, -0.15) is 0 Å². The van der Waals surface area contributed by atoms with Crippen LogP contribution in [0.3, 0.4) is 0 Å². The highest BCUT2D eigenvalue weighted by Crippen LogP contribution is 2.61. The molecule has 4 fully saturated rings. The summed E-state index contributed by atoms with van der Waals surface area (Å²) in [5.74, 6) is 3.18. The van der Waals surface area contributed by atoms with Gasteiger partial charge >= 0.3 is 0 Å². The molecule has 6 heteroatoms. The normalized spacial score (nSPS) is 30.5. The number of ether oxygens (including phenoxy) is 2. The summed E-state index contributed by atoms with van der Waals surface area (Å²) in [5, 5.41) is 5.91. The number of amides is 2. The molecule has 0 aliphatic heterocycles. The van der Waals surface area contributed by atoms with E-state index in [0.717, 1.165) is 17.8 Å². The van der Waals surface area contributed by atoms with Gasteiger partial charge in [0.1, 0.15) is 0 Å². The van der Waals surface area contributed by atoms with Crippen LogP contribution in [0.4, 0.5) is 0 Å². The van der Waals surface area contributed by atoms with Gasteiger partial charge in [0.2, 0.25) is 5.91 Å². The number of benzene rings is 1. The lowest BCUT2D eigenvalue weighted by Gasteiger charge is -2.59. The van der Waals surface area contributed by atoms with Crippen LogP contribution in [0, 0.1) is 23.2 Å². The van der Waals surface area contributed by atoms with Gasteiger partial charge < -0.3 is 20.1 Å². The van der Waals surface area contributed by atoms with Crippen LogP contribution in [-0.2, 0) is 4.79 Å². The molecule has 0 spiro atoms. The van der Waals surface area contributed by atoms with Gasteiger partial charge in [0.15, 0.2) is 11.5 Å². The van der Waals surface area contributed by atoms with Crippen LogP contribution in [0.1, 0.15) is 55.8 Å². The summed E-state index contributed by atoms with van der Waals surface area (Å²) in [5.41, 5.74) is 0.696. The zero-order valence-electron chi connectivity index (χ0n) is 17.6. The number of rotatable bonds is 7. The summed E-state index contributed by atoms with van der Waals surface area (Å²) in [6, 6.07) is 5.11. The molecule has 4 aliphatic rings. The molecular weight excluding hydrogens is 368 g/mol. The number of hydrogen-bond acceptors (Lipinski definition) is 4. The molecule has 1 unspecified atom stereocenters. The van der Waals surface area contributed by atoms with E-state index in [9.17, 15) is 9.59 Å². The highest BCUT2D eigenvalue weighted by Gasteiger charge is 2.53. The predicted molar refractivity (Wildman–Crippen MR) is 110 cm³/mol. The van der Waals surface area contributed by atoms with E-state index in [-0.39, 0.29) is 29.8 Å². The van der Waals surface area contributed by atoms with Crippen molar-refractivity contribution in [3.05, 3.63) is 23.8 Å². The summed E-state index contributed by atoms with van der Waals surface area (Å²) in [4.78, 5) is 25.0. The van der Waals surface area contributed by atoms with Crippen LogP contribution < -0.4 is 20.1 Å². The fourth-order valence-electron chi connectivity index (χ4n) is 6.39. The van der Waals surface area contributed by atoms with Crippen LogP contribution in [0.15, 0.2) is 18.2 Å². The van der Waals surface area contributed by atoms with E-state index in [1.807, 2.05) is 0 Å². The largest absolute Gasteiger partial charge is 0.493 e. The number of methoxy groups -OCH3 is 2. The second-order valence-electron chi connectivity index (χ2n) is 9.32. The van der Waals surface area contributed by atoms with Crippen molar-refractivity contribution in [2.75, 3.05) is 20.8 Å². The van der Waals surface area contributed by atoms with E-state index < -0.39 is 0 Å². The second kappa shape index (κ2) is 7.88. The zero-order chi connectivity index (χ0) is 20.6. The van der Waals surface area contributed by atoms with E-state index in [1.54, 1.807) is 25.3 Å².